The number of carbonyl (C=O) groups is 1. The molecular weight excluding hydrogens is 214 g/mol. The third-order valence-electron chi connectivity index (χ3n) is 2.47. The topological polar surface area (TPSA) is 54.0 Å². The van der Waals surface area contributed by atoms with Crippen LogP contribution >= 0.6 is 0 Å². The van der Waals surface area contributed by atoms with E-state index in [1.165, 1.54) is 0 Å². The summed E-state index contributed by atoms with van der Waals surface area (Å²) in [5.74, 6) is 0.0508. The largest absolute Gasteiger partial charge is 0.353 e. The van der Waals surface area contributed by atoms with E-state index >= 15 is 0 Å². The molecule has 1 amide bonds. The van der Waals surface area contributed by atoms with E-state index in [1.54, 1.807) is 12.4 Å². The van der Waals surface area contributed by atoms with E-state index in [1.807, 2.05) is 19.1 Å². The highest BCUT2D eigenvalue weighted by molar-refractivity contribution is 5.78. The van der Waals surface area contributed by atoms with E-state index in [-0.39, 0.29) is 11.9 Å². The molecule has 0 aliphatic rings. The molecule has 1 aromatic rings. The van der Waals surface area contributed by atoms with E-state index in [4.69, 9.17) is 0 Å². The highest BCUT2D eigenvalue weighted by Crippen LogP contribution is 1.95. The molecule has 0 saturated heterocycles. The number of carbonyl (C=O) groups excluding carboxylic acids is 1. The molecule has 0 aromatic carbocycles. The van der Waals surface area contributed by atoms with Crippen molar-refractivity contribution in [2.24, 2.45) is 0 Å². The van der Waals surface area contributed by atoms with Gasteiger partial charge in [0.1, 0.15) is 0 Å². The minimum atomic E-state index is 0.0508. The van der Waals surface area contributed by atoms with Gasteiger partial charge in [0, 0.05) is 25.0 Å². The first-order chi connectivity index (χ1) is 8.22. The predicted molar refractivity (Wildman–Crippen MR) is 68.5 cm³/mol. The maximum Gasteiger partial charge on any atom is 0.234 e. The van der Waals surface area contributed by atoms with Gasteiger partial charge in [-0.2, -0.15) is 0 Å². The zero-order valence-corrected chi connectivity index (χ0v) is 10.6. The number of aromatic nitrogens is 1. The second kappa shape index (κ2) is 7.79. The van der Waals surface area contributed by atoms with Crippen LogP contribution in [0.5, 0.6) is 0 Å². The maximum atomic E-state index is 11.5. The summed E-state index contributed by atoms with van der Waals surface area (Å²) >= 11 is 0. The van der Waals surface area contributed by atoms with Crippen LogP contribution in [0.3, 0.4) is 0 Å². The third kappa shape index (κ3) is 6.02. The number of pyridine rings is 1. The van der Waals surface area contributed by atoms with Gasteiger partial charge in [-0.3, -0.25) is 9.78 Å². The predicted octanol–water partition coefficient (Wildman–Crippen LogP) is 1.48. The van der Waals surface area contributed by atoms with Gasteiger partial charge < -0.3 is 10.6 Å². The summed E-state index contributed by atoms with van der Waals surface area (Å²) in [4.78, 5) is 15.5. The lowest BCUT2D eigenvalue weighted by Gasteiger charge is -2.12. The lowest BCUT2D eigenvalue weighted by Crippen LogP contribution is -2.38. The quantitative estimate of drug-likeness (QED) is 0.752. The highest BCUT2D eigenvalue weighted by Gasteiger charge is 2.05. The van der Waals surface area contributed by atoms with Crippen LogP contribution in [0.1, 0.15) is 32.3 Å². The Morgan fingerprint density at radius 2 is 2.35 bits per heavy atom. The molecule has 4 nitrogen and oxygen atoms in total. The Labute approximate surface area is 103 Å². The van der Waals surface area contributed by atoms with Gasteiger partial charge in [-0.1, -0.05) is 19.4 Å². The molecular formula is C13H21N3O. The number of hydrogen-bond donors (Lipinski definition) is 2. The fraction of sp³-hybridized carbons (Fsp3) is 0.538. The van der Waals surface area contributed by atoms with E-state index in [2.05, 4.69) is 22.5 Å². The maximum absolute atomic E-state index is 11.5. The number of nitrogens with zero attached hydrogens (tertiary/aromatic N) is 1. The molecule has 2 N–H and O–H groups in total. The summed E-state index contributed by atoms with van der Waals surface area (Å²) in [6.07, 6.45) is 5.64. The van der Waals surface area contributed by atoms with Crippen LogP contribution in [0.25, 0.3) is 0 Å². The number of nitrogens with one attached hydrogen (secondary N) is 2. The summed E-state index contributed by atoms with van der Waals surface area (Å²) in [7, 11) is 0. The molecule has 0 aliphatic heterocycles. The molecule has 0 bridgehead atoms. The SMILES string of the molecule is CCCC(C)NC(=O)CNCc1cccnc1. The van der Waals surface area contributed by atoms with E-state index in [0.29, 0.717) is 13.1 Å². The molecule has 0 fully saturated rings. The lowest BCUT2D eigenvalue weighted by atomic mass is 10.2. The number of rotatable bonds is 7. The first-order valence-corrected chi connectivity index (χ1v) is 6.11. The minimum Gasteiger partial charge on any atom is -0.353 e. The fourth-order valence-corrected chi connectivity index (χ4v) is 1.65. The van der Waals surface area contributed by atoms with Crippen LogP contribution < -0.4 is 10.6 Å². The normalized spacial score (nSPS) is 12.1. The molecule has 0 radical (unpaired) electrons. The number of hydrogen-bond acceptors (Lipinski definition) is 3. The van der Waals surface area contributed by atoms with Gasteiger partial charge >= 0.3 is 0 Å². The Morgan fingerprint density at radius 3 is 3.00 bits per heavy atom. The van der Waals surface area contributed by atoms with Gasteiger partial charge in [-0.05, 0) is 25.0 Å². The molecule has 17 heavy (non-hydrogen) atoms. The average molecular weight is 235 g/mol. The Morgan fingerprint density at radius 1 is 1.53 bits per heavy atom. The molecule has 1 rings (SSSR count). The summed E-state index contributed by atoms with van der Waals surface area (Å²) in [6, 6.07) is 4.13. The van der Waals surface area contributed by atoms with Crippen LogP contribution in [0.4, 0.5) is 0 Å². The number of amides is 1. The first-order valence-electron chi connectivity index (χ1n) is 6.11. The Bertz CT molecular complexity index is 327. The van der Waals surface area contributed by atoms with Crippen LogP contribution in [-0.4, -0.2) is 23.5 Å². The molecule has 0 spiro atoms. The lowest BCUT2D eigenvalue weighted by molar-refractivity contribution is -0.120. The monoisotopic (exact) mass is 235 g/mol. The van der Waals surface area contributed by atoms with Gasteiger partial charge in [-0.15, -0.1) is 0 Å². The van der Waals surface area contributed by atoms with Crippen LogP contribution in [-0.2, 0) is 11.3 Å². The highest BCUT2D eigenvalue weighted by atomic mass is 16.1. The Hall–Kier alpha value is -1.42. The van der Waals surface area contributed by atoms with Crippen LogP contribution in [0, 0.1) is 0 Å². The zero-order valence-electron chi connectivity index (χ0n) is 10.6. The van der Waals surface area contributed by atoms with E-state index in [0.717, 1.165) is 18.4 Å². The second-order valence-corrected chi connectivity index (χ2v) is 4.22. The van der Waals surface area contributed by atoms with Crippen molar-refractivity contribution >= 4 is 5.91 Å². The first kappa shape index (κ1) is 13.6. The molecule has 94 valence electrons. The summed E-state index contributed by atoms with van der Waals surface area (Å²) in [5.41, 5.74) is 1.09. The van der Waals surface area contributed by atoms with Crippen molar-refractivity contribution in [3.8, 4) is 0 Å². The fourth-order valence-electron chi connectivity index (χ4n) is 1.65. The van der Waals surface area contributed by atoms with Crippen molar-refractivity contribution < 1.29 is 4.79 Å². The molecule has 0 saturated carbocycles. The summed E-state index contributed by atoms with van der Waals surface area (Å²) in [6.45, 7) is 5.16. The van der Waals surface area contributed by atoms with Crippen molar-refractivity contribution in [2.75, 3.05) is 6.54 Å². The van der Waals surface area contributed by atoms with Crippen molar-refractivity contribution in [2.45, 2.75) is 39.3 Å². The second-order valence-electron chi connectivity index (χ2n) is 4.22. The molecule has 0 aliphatic carbocycles. The standard InChI is InChI=1S/C13H21N3O/c1-3-5-11(2)16-13(17)10-15-9-12-6-4-7-14-8-12/h4,6-8,11,15H,3,5,9-10H2,1-2H3,(H,16,17). The Kier molecular flexibility index (Phi) is 6.25. The third-order valence-corrected chi connectivity index (χ3v) is 2.47. The van der Waals surface area contributed by atoms with Crippen molar-refractivity contribution in [3.63, 3.8) is 0 Å². The van der Waals surface area contributed by atoms with Crippen LogP contribution in [0.2, 0.25) is 0 Å². The van der Waals surface area contributed by atoms with Crippen molar-refractivity contribution in [1.29, 1.82) is 0 Å². The zero-order chi connectivity index (χ0) is 12.5. The van der Waals surface area contributed by atoms with Crippen molar-refractivity contribution in [1.82, 2.24) is 15.6 Å². The Balaban J connectivity index is 2.16. The van der Waals surface area contributed by atoms with E-state index < -0.39 is 0 Å². The molecule has 4 heteroatoms. The molecule has 1 atom stereocenters. The van der Waals surface area contributed by atoms with Gasteiger partial charge in [0.25, 0.3) is 0 Å². The minimum absolute atomic E-state index is 0.0508. The van der Waals surface area contributed by atoms with E-state index in [9.17, 15) is 4.79 Å². The molecule has 1 unspecified atom stereocenters. The average Bonchev–Trinajstić information content (AvgIpc) is 2.30. The van der Waals surface area contributed by atoms with Gasteiger partial charge in [0.05, 0.1) is 6.54 Å². The van der Waals surface area contributed by atoms with Gasteiger partial charge in [0.15, 0.2) is 0 Å². The summed E-state index contributed by atoms with van der Waals surface area (Å²) < 4.78 is 0. The smallest absolute Gasteiger partial charge is 0.234 e. The van der Waals surface area contributed by atoms with Gasteiger partial charge in [-0.25, -0.2) is 0 Å². The summed E-state index contributed by atoms with van der Waals surface area (Å²) in [5, 5.41) is 6.05. The van der Waals surface area contributed by atoms with Gasteiger partial charge in [0.2, 0.25) is 5.91 Å². The van der Waals surface area contributed by atoms with Crippen molar-refractivity contribution in [3.05, 3.63) is 30.1 Å². The molecule has 1 aromatic heterocycles. The molecule has 1 heterocycles. The van der Waals surface area contributed by atoms with Crippen LogP contribution in [0.15, 0.2) is 24.5 Å².